The molecule has 10 aromatic rings. The molecular formula is C61H45N. The number of anilines is 3. The van der Waals surface area contributed by atoms with Crippen molar-refractivity contribution >= 4 is 27.8 Å². The minimum absolute atomic E-state index is 0.100. The van der Waals surface area contributed by atoms with Gasteiger partial charge in [-0.05, 0) is 137 Å². The normalized spacial score (nSPS) is 12.5. The highest BCUT2D eigenvalue weighted by Gasteiger charge is 2.35. The van der Waals surface area contributed by atoms with Gasteiger partial charge in [0.1, 0.15) is 0 Å². The zero-order chi connectivity index (χ0) is 41.6. The molecule has 0 saturated carbocycles. The maximum Gasteiger partial charge on any atom is 0.0465 e. The maximum atomic E-state index is 2.41. The molecule has 1 nitrogen and oxygen atoms in total. The van der Waals surface area contributed by atoms with Gasteiger partial charge in [-0.2, -0.15) is 0 Å². The zero-order valence-electron chi connectivity index (χ0n) is 35.0. The second kappa shape index (κ2) is 15.4. The lowest BCUT2D eigenvalue weighted by Gasteiger charge is -2.28. The van der Waals surface area contributed by atoms with Crippen LogP contribution in [0.15, 0.2) is 237 Å². The molecule has 0 N–H and O–H groups in total. The van der Waals surface area contributed by atoms with Gasteiger partial charge in [-0.1, -0.05) is 202 Å². The van der Waals surface area contributed by atoms with Gasteiger partial charge in [-0.3, -0.25) is 0 Å². The molecule has 0 amide bonds. The minimum Gasteiger partial charge on any atom is -0.310 e. The first kappa shape index (κ1) is 37.3. The van der Waals surface area contributed by atoms with Gasteiger partial charge in [-0.15, -0.1) is 0 Å². The standard InChI is InChI=1S/C61H45N/c1-61(2)59-18-9-8-17-57(59)58-38-37-56(41-60(58)61)62(54-33-29-47(30-34-54)45-21-19-44(20-22-45)42-11-4-3-5-12-42)55-35-31-48(32-36-55)46-23-25-49(26-24-46)51-15-10-16-52(39-51)53-28-27-43-13-6-7-14-50(43)40-53/h3-41H,1-2H3. The molecular weight excluding hydrogens is 747 g/mol. The molecule has 0 fully saturated rings. The Morgan fingerprint density at radius 2 is 0.661 bits per heavy atom. The minimum atomic E-state index is -0.100. The van der Waals surface area contributed by atoms with Crippen LogP contribution in [0.5, 0.6) is 0 Å². The van der Waals surface area contributed by atoms with Gasteiger partial charge in [0, 0.05) is 22.5 Å². The first-order valence-corrected chi connectivity index (χ1v) is 21.6. The van der Waals surface area contributed by atoms with Crippen LogP contribution in [0.25, 0.3) is 77.5 Å². The van der Waals surface area contributed by atoms with E-state index in [-0.39, 0.29) is 5.41 Å². The molecule has 0 spiro atoms. The Hall–Kier alpha value is -7.74. The Bertz CT molecular complexity index is 3210. The number of rotatable bonds is 8. The van der Waals surface area contributed by atoms with E-state index in [0.717, 1.165) is 17.1 Å². The molecule has 1 aliphatic rings. The predicted molar refractivity (Wildman–Crippen MR) is 263 cm³/mol. The maximum absolute atomic E-state index is 2.41. The zero-order valence-corrected chi connectivity index (χ0v) is 35.0. The van der Waals surface area contributed by atoms with Gasteiger partial charge < -0.3 is 4.90 Å². The second-order valence-corrected chi connectivity index (χ2v) is 17.0. The highest BCUT2D eigenvalue weighted by Crippen LogP contribution is 2.50. The van der Waals surface area contributed by atoms with E-state index >= 15 is 0 Å². The third-order valence-corrected chi connectivity index (χ3v) is 12.9. The van der Waals surface area contributed by atoms with Crippen LogP contribution < -0.4 is 4.90 Å². The summed E-state index contributed by atoms with van der Waals surface area (Å²) in [7, 11) is 0. The third kappa shape index (κ3) is 6.79. The van der Waals surface area contributed by atoms with Crippen LogP contribution in [-0.2, 0) is 5.41 Å². The molecule has 0 heterocycles. The summed E-state index contributed by atoms with van der Waals surface area (Å²) in [4.78, 5) is 2.40. The summed E-state index contributed by atoms with van der Waals surface area (Å²) in [6.45, 7) is 4.70. The van der Waals surface area contributed by atoms with Crippen molar-refractivity contribution in [2.45, 2.75) is 19.3 Å². The lowest BCUT2D eigenvalue weighted by molar-refractivity contribution is 0.660. The summed E-state index contributed by atoms with van der Waals surface area (Å²) in [6.07, 6.45) is 0. The quantitative estimate of drug-likeness (QED) is 0.148. The van der Waals surface area contributed by atoms with Crippen LogP contribution in [0.1, 0.15) is 25.0 Å². The summed E-state index contributed by atoms with van der Waals surface area (Å²) < 4.78 is 0. The van der Waals surface area contributed by atoms with Crippen molar-refractivity contribution in [3.8, 4) is 66.8 Å². The summed E-state index contributed by atoms with van der Waals surface area (Å²) in [5.74, 6) is 0. The molecule has 0 atom stereocenters. The average Bonchev–Trinajstić information content (AvgIpc) is 3.57. The summed E-state index contributed by atoms with van der Waals surface area (Å²) in [5.41, 5.74) is 20.8. The smallest absolute Gasteiger partial charge is 0.0465 e. The summed E-state index contributed by atoms with van der Waals surface area (Å²) in [5, 5.41) is 2.52. The Labute approximate surface area is 364 Å². The fraction of sp³-hybridized carbons (Fsp3) is 0.0492. The first-order valence-electron chi connectivity index (χ1n) is 21.6. The number of hydrogen-bond acceptors (Lipinski definition) is 1. The molecule has 10 aromatic carbocycles. The van der Waals surface area contributed by atoms with Gasteiger partial charge in [0.25, 0.3) is 0 Å². The van der Waals surface area contributed by atoms with Gasteiger partial charge in [0.15, 0.2) is 0 Å². The van der Waals surface area contributed by atoms with Crippen molar-refractivity contribution in [1.82, 2.24) is 0 Å². The number of hydrogen-bond donors (Lipinski definition) is 0. The van der Waals surface area contributed by atoms with Crippen molar-refractivity contribution in [3.63, 3.8) is 0 Å². The van der Waals surface area contributed by atoms with Gasteiger partial charge >= 0.3 is 0 Å². The van der Waals surface area contributed by atoms with Gasteiger partial charge in [0.05, 0.1) is 0 Å². The molecule has 1 heteroatoms. The van der Waals surface area contributed by atoms with Crippen LogP contribution >= 0.6 is 0 Å². The molecule has 0 unspecified atom stereocenters. The van der Waals surface area contributed by atoms with Crippen LogP contribution in [0, 0.1) is 0 Å². The van der Waals surface area contributed by atoms with Gasteiger partial charge in [-0.25, -0.2) is 0 Å². The van der Waals surface area contributed by atoms with E-state index in [9.17, 15) is 0 Å². The van der Waals surface area contributed by atoms with Crippen molar-refractivity contribution in [2.75, 3.05) is 4.90 Å². The molecule has 62 heavy (non-hydrogen) atoms. The van der Waals surface area contributed by atoms with Crippen LogP contribution in [0.4, 0.5) is 17.1 Å². The Kier molecular flexibility index (Phi) is 9.24. The van der Waals surface area contributed by atoms with Gasteiger partial charge in [0.2, 0.25) is 0 Å². The number of benzene rings is 10. The largest absolute Gasteiger partial charge is 0.310 e. The molecule has 0 saturated heterocycles. The number of nitrogens with zero attached hydrogens (tertiary/aromatic N) is 1. The average molecular weight is 792 g/mol. The van der Waals surface area contributed by atoms with Crippen LogP contribution in [-0.4, -0.2) is 0 Å². The molecule has 0 aliphatic heterocycles. The van der Waals surface area contributed by atoms with Crippen molar-refractivity contribution in [3.05, 3.63) is 248 Å². The highest BCUT2D eigenvalue weighted by atomic mass is 15.1. The summed E-state index contributed by atoms with van der Waals surface area (Å²) in [6, 6.07) is 86.5. The fourth-order valence-corrected chi connectivity index (χ4v) is 9.47. The summed E-state index contributed by atoms with van der Waals surface area (Å²) >= 11 is 0. The topological polar surface area (TPSA) is 3.24 Å². The highest BCUT2D eigenvalue weighted by molar-refractivity contribution is 5.89. The Balaban J connectivity index is 0.904. The Morgan fingerprint density at radius 3 is 1.27 bits per heavy atom. The molecule has 1 aliphatic carbocycles. The lowest BCUT2D eigenvalue weighted by atomic mass is 9.82. The molecule has 11 rings (SSSR count). The monoisotopic (exact) mass is 791 g/mol. The van der Waals surface area contributed by atoms with E-state index in [1.165, 1.54) is 88.7 Å². The van der Waals surface area contributed by atoms with Crippen LogP contribution in [0.3, 0.4) is 0 Å². The van der Waals surface area contributed by atoms with Crippen molar-refractivity contribution in [1.29, 1.82) is 0 Å². The van der Waals surface area contributed by atoms with E-state index < -0.39 is 0 Å². The van der Waals surface area contributed by atoms with E-state index in [4.69, 9.17) is 0 Å². The van der Waals surface area contributed by atoms with E-state index in [2.05, 4.69) is 255 Å². The fourth-order valence-electron chi connectivity index (χ4n) is 9.47. The Morgan fingerprint density at radius 1 is 0.258 bits per heavy atom. The van der Waals surface area contributed by atoms with E-state index in [0.29, 0.717) is 0 Å². The van der Waals surface area contributed by atoms with Crippen LogP contribution in [0.2, 0.25) is 0 Å². The molecule has 0 radical (unpaired) electrons. The van der Waals surface area contributed by atoms with Crippen molar-refractivity contribution in [2.24, 2.45) is 0 Å². The second-order valence-electron chi connectivity index (χ2n) is 17.0. The number of fused-ring (bicyclic) bond motifs is 4. The molecule has 0 aromatic heterocycles. The van der Waals surface area contributed by atoms with Crippen molar-refractivity contribution < 1.29 is 0 Å². The molecule has 0 bridgehead atoms. The SMILES string of the molecule is CC1(C)c2ccccc2-c2ccc(N(c3ccc(-c4ccc(-c5ccccc5)cc4)cc3)c3ccc(-c4ccc(-c5cccc(-c6ccc7ccccc7c6)c5)cc4)cc3)cc21. The third-order valence-electron chi connectivity index (χ3n) is 12.9. The lowest BCUT2D eigenvalue weighted by Crippen LogP contribution is -2.16. The molecule has 294 valence electrons. The van der Waals surface area contributed by atoms with E-state index in [1.54, 1.807) is 0 Å². The van der Waals surface area contributed by atoms with E-state index in [1.807, 2.05) is 0 Å². The first-order chi connectivity index (χ1) is 30.5. The predicted octanol–water partition coefficient (Wildman–Crippen LogP) is 17.0.